The average Bonchev–Trinajstić information content (AvgIpc) is 3.09. The summed E-state index contributed by atoms with van der Waals surface area (Å²) in [6.07, 6.45) is 7.19. The first-order valence-corrected chi connectivity index (χ1v) is 9.62. The van der Waals surface area contributed by atoms with Crippen molar-refractivity contribution in [3.63, 3.8) is 0 Å². The number of aryl methyl sites for hydroxylation is 1. The smallest absolute Gasteiger partial charge is 0.254 e. The summed E-state index contributed by atoms with van der Waals surface area (Å²) < 4.78 is 6.92. The molecule has 8 nitrogen and oxygen atoms in total. The van der Waals surface area contributed by atoms with E-state index in [9.17, 15) is 4.79 Å². The molecule has 28 heavy (non-hydrogen) atoms. The Labute approximate surface area is 161 Å². The van der Waals surface area contributed by atoms with Crippen LogP contribution in [0.15, 0.2) is 35.1 Å². The Hall–Kier alpha value is -3.00. The fourth-order valence-corrected chi connectivity index (χ4v) is 3.70. The predicted octanol–water partition coefficient (Wildman–Crippen LogP) is 2.22. The molecule has 0 bridgehead atoms. The summed E-state index contributed by atoms with van der Waals surface area (Å²) in [5.74, 6) is 1.66. The summed E-state index contributed by atoms with van der Waals surface area (Å²) >= 11 is 0. The molecule has 144 valence electrons. The third-order valence-corrected chi connectivity index (χ3v) is 5.38. The molecule has 8 heteroatoms. The van der Waals surface area contributed by atoms with Gasteiger partial charge in [-0.2, -0.15) is 10.1 Å². The van der Waals surface area contributed by atoms with Gasteiger partial charge in [0.05, 0.1) is 31.0 Å². The van der Waals surface area contributed by atoms with E-state index in [0.29, 0.717) is 23.9 Å². The molecule has 1 aromatic carbocycles. The highest BCUT2D eigenvalue weighted by molar-refractivity contribution is 5.94. The number of nitrogens with one attached hydrogen (secondary N) is 1. The quantitative estimate of drug-likeness (QED) is 0.680. The van der Waals surface area contributed by atoms with E-state index in [2.05, 4.69) is 26.6 Å². The number of rotatable bonds is 6. The highest BCUT2D eigenvalue weighted by atomic mass is 16.5. The van der Waals surface area contributed by atoms with Gasteiger partial charge >= 0.3 is 0 Å². The molecule has 2 aliphatic rings. The van der Waals surface area contributed by atoms with Gasteiger partial charge in [-0.1, -0.05) is 17.3 Å². The fraction of sp³-hybridized carbons (Fsp3) is 0.400. The van der Waals surface area contributed by atoms with E-state index in [0.717, 1.165) is 42.7 Å². The molecular weight excluding hydrogens is 358 g/mol. The lowest BCUT2D eigenvalue weighted by Gasteiger charge is -2.13. The number of hydrogen-bond donors (Lipinski definition) is 2. The van der Waals surface area contributed by atoms with Gasteiger partial charge in [0, 0.05) is 17.7 Å². The second-order valence-electron chi connectivity index (χ2n) is 7.42. The number of carbonyl (C=O) groups is 1. The molecule has 3 aromatic rings. The average molecular weight is 379 g/mol. The van der Waals surface area contributed by atoms with Gasteiger partial charge in [0.15, 0.2) is 0 Å². The number of fused-ring (bicyclic) bond motifs is 1. The second-order valence-corrected chi connectivity index (χ2v) is 7.42. The molecule has 2 N–H and O–H groups in total. The minimum atomic E-state index is -0.154. The minimum absolute atomic E-state index is 0.0103. The van der Waals surface area contributed by atoms with Crippen molar-refractivity contribution >= 4 is 5.91 Å². The molecule has 0 saturated heterocycles. The number of amides is 1. The van der Waals surface area contributed by atoms with E-state index < -0.39 is 0 Å². The lowest BCUT2D eigenvalue weighted by atomic mass is 10.0. The molecule has 0 spiro atoms. The summed E-state index contributed by atoms with van der Waals surface area (Å²) in [6, 6.07) is 6.11. The van der Waals surface area contributed by atoms with Gasteiger partial charge in [-0.05, 0) is 42.9 Å². The van der Waals surface area contributed by atoms with Crippen LogP contribution in [0, 0.1) is 0 Å². The monoisotopic (exact) mass is 379 g/mol. The number of benzene rings is 1. The summed E-state index contributed by atoms with van der Waals surface area (Å²) in [7, 11) is 0. The number of nitrogens with zero attached hydrogens (tertiary/aromatic N) is 4. The number of aromatic nitrogens is 4. The molecule has 1 fully saturated rings. The summed E-state index contributed by atoms with van der Waals surface area (Å²) in [6.45, 7) is 0.366. The van der Waals surface area contributed by atoms with Gasteiger partial charge in [-0.25, -0.2) is 0 Å². The maximum atomic E-state index is 12.5. The Morgan fingerprint density at radius 3 is 3.04 bits per heavy atom. The SMILES string of the molecule is O=C(NC1CCc2cc(-c3noc(C4CC4)n3)ccc21)c1cnn(CCO)c1. The van der Waals surface area contributed by atoms with E-state index in [-0.39, 0.29) is 18.6 Å². The zero-order chi connectivity index (χ0) is 19.1. The van der Waals surface area contributed by atoms with E-state index >= 15 is 0 Å². The van der Waals surface area contributed by atoms with Crippen molar-refractivity contribution in [3.8, 4) is 11.4 Å². The maximum Gasteiger partial charge on any atom is 0.254 e. The molecule has 5 rings (SSSR count). The first-order valence-electron chi connectivity index (χ1n) is 9.62. The van der Waals surface area contributed by atoms with Crippen LogP contribution in [-0.2, 0) is 13.0 Å². The normalized spacial score (nSPS) is 18.2. The fourth-order valence-electron chi connectivity index (χ4n) is 3.70. The van der Waals surface area contributed by atoms with Crippen LogP contribution in [0.2, 0.25) is 0 Å². The van der Waals surface area contributed by atoms with Crippen LogP contribution in [0.25, 0.3) is 11.4 Å². The zero-order valence-electron chi connectivity index (χ0n) is 15.3. The van der Waals surface area contributed by atoms with Crippen LogP contribution in [0.5, 0.6) is 0 Å². The molecule has 1 unspecified atom stereocenters. The maximum absolute atomic E-state index is 12.5. The summed E-state index contributed by atoms with van der Waals surface area (Å²) in [4.78, 5) is 17.0. The lowest BCUT2D eigenvalue weighted by Crippen LogP contribution is -2.26. The zero-order valence-corrected chi connectivity index (χ0v) is 15.3. The number of aliphatic hydroxyl groups excluding tert-OH is 1. The Morgan fingerprint density at radius 1 is 1.32 bits per heavy atom. The van der Waals surface area contributed by atoms with Crippen molar-refractivity contribution < 1.29 is 14.4 Å². The second kappa shape index (κ2) is 6.87. The first-order chi connectivity index (χ1) is 13.7. The summed E-state index contributed by atoms with van der Waals surface area (Å²) in [5, 5.41) is 20.3. The third-order valence-electron chi connectivity index (χ3n) is 5.38. The van der Waals surface area contributed by atoms with E-state index in [4.69, 9.17) is 9.63 Å². The van der Waals surface area contributed by atoms with Gasteiger partial charge in [-0.3, -0.25) is 9.48 Å². The van der Waals surface area contributed by atoms with Crippen LogP contribution in [0.1, 0.15) is 58.6 Å². The molecule has 0 aliphatic heterocycles. The van der Waals surface area contributed by atoms with Gasteiger partial charge in [0.25, 0.3) is 5.91 Å². The Balaban J connectivity index is 1.31. The van der Waals surface area contributed by atoms with Crippen LogP contribution < -0.4 is 5.32 Å². The summed E-state index contributed by atoms with van der Waals surface area (Å²) in [5.41, 5.74) is 3.78. The molecular formula is C20H21N5O3. The van der Waals surface area contributed by atoms with Gasteiger partial charge in [0.1, 0.15) is 0 Å². The van der Waals surface area contributed by atoms with E-state index in [1.54, 1.807) is 10.9 Å². The molecule has 1 atom stereocenters. The highest BCUT2D eigenvalue weighted by Gasteiger charge is 2.30. The van der Waals surface area contributed by atoms with Crippen LogP contribution in [0.4, 0.5) is 0 Å². The first kappa shape index (κ1) is 17.1. The van der Waals surface area contributed by atoms with Gasteiger partial charge in [-0.15, -0.1) is 0 Å². The molecule has 2 aliphatic carbocycles. The number of carbonyl (C=O) groups excluding carboxylic acids is 1. The molecule has 1 saturated carbocycles. The Bertz CT molecular complexity index is 1020. The van der Waals surface area contributed by atoms with Crippen molar-refractivity contribution in [1.82, 2.24) is 25.2 Å². The van der Waals surface area contributed by atoms with Gasteiger partial charge < -0.3 is 14.9 Å². The van der Waals surface area contributed by atoms with Crippen molar-refractivity contribution in [2.45, 2.75) is 44.2 Å². The molecule has 2 aromatic heterocycles. The van der Waals surface area contributed by atoms with Crippen LogP contribution >= 0.6 is 0 Å². The molecule has 2 heterocycles. The van der Waals surface area contributed by atoms with Crippen molar-refractivity contribution in [2.24, 2.45) is 0 Å². The van der Waals surface area contributed by atoms with Crippen molar-refractivity contribution in [1.29, 1.82) is 0 Å². The highest BCUT2D eigenvalue weighted by Crippen LogP contribution is 2.40. The van der Waals surface area contributed by atoms with E-state index in [1.807, 2.05) is 12.1 Å². The number of hydrogen-bond acceptors (Lipinski definition) is 6. The Kier molecular flexibility index (Phi) is 4.20. The predicted molar refractivity (Wildman–Crippen MR) is 99.6 cm³/mol. The topological polar surface area (TPSA) is 106 Å². The third kappa shape index (κ3) is 3.20. The van der Waals surface area contributed by atoms with Crippen molar-refractivity contribution in [2.75, 3.05) is 6.61 Å². The van der Waals surface area contributed by atoms with Crippen LogP contribution in [0.3, 0.4) is 0 Å². The van der Waals surface area contributed by atoms with Gasteiger partial charge in [0.2, 0.25) is 11.7 Å². The lowest BCUT2D eigenvalue weighted by molar-refractivity contribution is 0.0936. The standard InChI is InChI=1S/C20H21N5O3/c26-8-7-25-11-15(10-21-25)19(27)22-17-6-4-13-9-14(3-5-16(13)17)18-23-20(28-24-18)12-1-2-12/h3,5,9-12,17,26H,1-2,4,6-8H2,(H,22,27). The minimum Gasteiger partial charge on any atom is -0.394 e. The van der Waals surface area contributed by atoms with Crippen LogP contribution in [-0.4, -0.2) is 37.5 Å². The van der Waals surface area contributed by atoms with Crippen molar-refractivity contribution in [3.05, 3.63) is 53.2 Å². The largest absolute Gasteiger partial charge is 0.394 e. The number of aliphatic hydroxyl groups is 1. The molecule has 1 amide bonds. The van der Waals surface area contributed by atoms with E-state index in [1.165, 1.54) is 11.8 Å². The Morgan fingerprint density at radius 2 is 2.21 bits per heavy atom. The molecule has 0 radical (unpaired) electrons.